The molecule has 0 aliphatic carbocycles. The second-order valence-electron chi connectivity index (χ2n) is 5.12. The van der Waals surface area contributed by atoms with E-state index in [4.69, 9.17) is 0 Å². The van der Waals surface area contributed by atoms with Crippen LogP contribution in [0.25, 0.3) is 0 Å². The Morgan fingerprint density at radius 2 is 2.32 bits per heavy atom. The molecule has 0 bridgehead atoms. The number of hydrogen-bond acceptors (Lipinski definition) is 3. The van der Waals surface area contributed by atoms with Gasteiger partial charge in [-0.2, -0.15) is 0 Å². The molecule has 0 spiro atoms. The highest BCUT2D eigenvalue weighted by atomic mass is 35.5. The van der Waals surface area contributed by atoms with Crippen LogP contribution in [0.5, 0.6) is 0 Å². The van der Waals surface area contributed by atoms with E-state index in [1.165, 1.54) is 16.9 Å². The number of carbonyl (C=O) groups excluding carboxylic acids is 1. The first-order chi connectivity index (χ1) is 8.74. The van der Waals surface area contributed by atoms with Crippen LogP contribution in [-0.4, -0.2) is 31.3 Å². The average Bonchev–Trinajstić information content (AvgIpc) is 2.86. The summed E-state index contributed by atoms with van der Waals surface area (Å²) in [5, 5.41) is 3.37. The predicted molar refractivity (Wildman–Crippen MR) is 82.5 cm³/mol. The Morgan fingerprint density at radius 3 is 3.05 bits per heavy atom. The Kier molecular flexibility index (Phi) is 4.76. The van der Waals surface area contributed by atoms with Gasteiger partial charge in [-0.1, -0.05) is 6.07 Å². The standard InChI is InChI=1S/C14H18N2OS.ClH/c1-10-2-3-12-13(6-10)18-9-14(17)16(12)8-11-4-5-15-7-11;/h2-3,6,11,15H,4-5,7-9H2,1H3;1H. The van der Waals surface area contributed by atoms with Crippen LogP contribution >= 0.6 is 24.2 Å². The van der Waals surface area contributed by atoms with E-state index in [9.17, 15) is 4.79 Å². The molecule has 1 atom stereocenters. The Balaban J connectivity index is 0.00000133. The molecule has 0 aromatic heterocycles. The van der Waals surface area contributed by atoms with Crippen LogP contribution in [0.4, 0.5) is 5.69 Å². The number of hydrogen-bond donors (Lipinski definition) is 1. The summed E-state index contributed by atoms with van der Waals surface area (Å²) in [5.74, 6) is 1.44. The summed E-state index contributed by atoms with van der Waals surface area (Å²) < 4.78 is 0. The summed E-state index contributed by atoms with van der Waals surface area (Å²) in [6.45, 7) is 5.09. The number of rotatable bonds is 2. The first-order valence-electron chi connectivity index (χ1n) is 6.48. The summed E-state index contributed by atoms with van der Waals surface area (Å²) >= 11 is 1.67. The Morgan fingerprint density at radius 1 is 1.47 bits per heavy atom. The SMILES string of the molecule is Cc1ccc2c(c1)SCC(=O)N2CC1CCNC1.Cl. The first-order valence-corrected chi connectivity index (χ1v) is 7.47. The Bertz CT molecular complexity index is 475. The molecule has 0 radical (unpaired) electrons. The molecule has 1 unspecified atom stereocenters. The van der Waals surface area contributed by atoms with Gasteiger partial charge >= 0.3 is 0 Å². The lowest BCUT2D eigenvalue weighted by Crippen LogP contribution is -2.39. The lowest BCUT2D eigenvalue weighted by Gasteiger charge is -2.31. The van der Waals surface area contributed by atoms with Crippen LogP contribution in [0.2, 0.25) is 0 Å². The van der Waals surface area contributed by atoms with Gasteiger partial charge in [-0.3, -0.25) is 4.79 Å². The van der Waals surface area contributed by atoms with Gasteiger partial charge in [0.1, 0.15) is 0 Å². The minimum absolute atomic E-state index is 0. The molecular weight excluding hydrogens is 280 g/mol. The van der Waals surface area contributed by atoms with E-state index in [2.05, 4.69) is 30.4 Å². The first kappa shape index (κ1) is 14.7. The zero-order chi connectivity index (χ0) is 12.5. The maximum Gasteiger partial charge on any atom is 0.237 e. The van der Waals surface area contributed by atoms with Crippen molar-refractivity contribution < 1.29 is 4.79 Å². The van der Waals surface area contributed by atoms with Gasteiger partial charge in [0, 0.05) is 11.4 Å². The van der Waals surface area contributed by atoms with Crippen LogP contribution in [0, 0.1) is 12.8 Å². The van der Waals surface area contributed by atoms with E-state index >= 15 is 0 Å². The van der Waals surface area contributed by atoms with Crippen molar-refractivity contribution in [3.05, 3.63) is 23.8 Å². The highest BCUT2D eigenvalue weighted by Gasteiger charge is 2.28. The highest BCUT2D eigenvalue weighted by Crippen LogP contribution is 2.36. The molecule has 0 saturated carbocycles. The molecule has 5 heteroatoms. The van der Waals surface area contributed by atoms with Crippen molar-refractivity contribution in [1.82, 2.24) is 5.32 Å². The number of anilines is 1. The second kappa shape index (κ2) is 6.16. The van der Waals surface area contributed by atoms with E-state index in [1.807, 2.05) is 4.90 Å². The van der Waals surface area contributed by atoms with Gasteiger partial charge in [0.25, 0.3) is 0 Å². The maximum atomic E-state index is 12.1. The third kappa shape index (κ3) is 3.07. The Labute approximate surface area is 124 Å². The molecule has 1 fully saturated rings. The maximum absolute atomic E-state index is 12.1. The third-order valence-electron chi connectivity index (χ3n) is 3.66. The van der Waals surface area contributed by atoms with E-state index in [1.54, 1.807) is 11.8 Å². The zero-order valence-electron chi connectivity index (χ0n) is 11.0. The molecule has 1 N–H and O–H groups in total. The molecule has 2 aliphatic heterocycles. The van der Waals surface area contributed by atoms with Crippen LogP contribution in [0.3, 0.4) is 0 Å². The molecule has 1 aromatic rings. The van der Waals surface area contributed by atoms with Crippen molar-refractivity contribution in [2.24, 2.45) is 5.92 Å². The van der Waals surface area contributed by atoms with Crippen molar-refractivity contribution in [3.63, 3.8) is 0 Å². The minimum atomic E-state index is 0. The van der Waals surface area contributed by atoms with E-state index in [-0.39, 0.29) is 18.3 Å². The molecule has 2 aliphatic rings. The fourth-order valence-electron chi connectivity index (χ4n) is 2.64. The third-order valence-corrected chi connectivity index (χ3v) is 4.69. The van der Waals surface area contributed by atoms with Gasteiger partial charge in [0.2, 0.25) is 5.91 Å². The van der Waals surface area contributed by atoms with E-state index < -0.39 is 0 Å². The number of carbonyl (C=O) groups is 1. The number of thioether (sulfide) groups is 1. The number of nitrogens with one attached hydrogen (secondary N) is 1. The van der Waals surface area contributed by atoms with Crippen molar-refractivity contribution in [2.75, 3.05) is 30.3 Å². The lowest BCUT2D eigenvalue weighted by atomic mass is 10.1. The van der Waals surface area contributed by atoms with Gasteiger partial charge in [0.15, 0.2) is 0 Å². The molecule has 2 heterocycles. The predicted octanol–water partition coefficient (Wildman–Crippen LogP) is 2.47. The largest absolute Gasteiger partial charge is 0.316 e. The molecule has 104 valence electrons. The molecule has 1 amide bonds. The van der Waals surface area contributed by atoms with Crippen molar-refractivity contribution in [3.8, 4) is 0 Å². The quantitative estimate of drug-likeness (QED) is 0.910. The topological polar surface area (TPSA) is 32.3 Å². The van der Waals surface area contributed by atoms with Crippen molar-refractivity contribution in [2.45, 2.75) is 18.2 Å². The van der Waals surface area contributed by atoms with Gasteiger partial charge < -0.3 is 10.2 Å². The summed E-state index contributed by atoms with van der Waals surface area (Å²) in [6, 6.07) is 6.38. The molecular formula is C14H19ClN2OS. The average molecular weight is 299 g/mol. The second-order valence-corrected chi connectivity index (χ2v) is 6.14. The number of amides is 1. The van der Waals surface area contributed by atoms with E-state index in [0.29, 0.717) is 11.7 Å². The summed E-state index contributed by atoms with van der Waals surface area (Å²) in [7, 11) is 0. The number of aryl methyl sites for hydroxylation is 1. The van der Waals surface area contributed by atoms with Gasteiger partial charge in [-0.05, 0) is 50.0 Å². The molecule has 1 aromatic carbocycles. The molecule has 3 nitrogen and oxygen atoms in total. The number of fused-ring (bicyclic) bond motifs is 1. The Hall–Kier alpha value is -0.710. The van der Waals surface area contributed by atoms with Crippen molar-refractivity contribution >= 4 is 35.8 Å². The lowest BCUT2D eigenvalue weighted by molar-refractivity contribution is -0.116. The zero-order valence-corrected chi connectivity index (χ0v) is 12.6. The van der Waals surface area contributed by atoms with Crippen LogP contribution < -0.4 is 10.2 Å². The smallest absolute Gasteiger partial charge is 0.237 e. The van der Waals surface area contributed by atoms with Gasteiger partial charge in [-0.15, -0.1) is 24.2 Å². The highest BCUT2D eigenvalue weighted by molar-refractivity contribution is 8.00. The van der Waals surface area contributed by atoms with E-state index in [0.717, 1.165) is 25.3 Å². The number of halogens is 1. The van der Waals surface area contributed by atoms with Crippen LogP contribution in [-0.2, 0) is 4.79 Å². The summed E-state index contributed by atoms with van der Waals surface area (Å²) in [6.07, 6.45) is 1.18. The minimum Gasteiger partial charge on any atom is -0.316 e. The monoisotopic (exact) mass is 298 g/mol. The normalized spacial score (nSPS) is 22.1. The molecule has 1 saturated heterocycles. The summed E-state index contributed by atoms with van der Waals surface area (Å²) in [4.78, 5) is 15.4. The molecule has 19 heavy (non-hydrogen) atoms. The molecule has 3 rings (SSSR count). The van der Waals surface area contributed by atoms with Gasteiger partial charge in [0.05, 0.1) is 11.4 Å². The van der Waals surface area contributed by atoms with Crippen molar-refractivity contribution in [1.29, 1.82) is 0 Å². The van der Waals surface area contributed by atoms with Gasteiger partial charge in [-0.25, -0.2) is 0 Å². The van der Waals surface area contributed by atoms with Crippen LogP contribution in [0.1, 0.15) is 12.0 Å². The number of nitrogens with zero attached hydrogens (tertiary/aromatic N) is 1. The fourth-order valence-corrected chi connectivity index (χ4v) is 3.67. The number of benzene rings is 1. The van der Waals surface area contributed by atoms with Crippen LogP contribution in [0.15, 0.2) is 23.1 Å². The summed E-state index contributed by atoms with van der Waals surface area (Å²) in [5.41, 5.74) is 2.37. The fraction of sp³-hybridized carbons (Fsp3) is 0.500.